The Morgan fingerprint density at radius 3 is 2.71 bits per heavy atom. The lowest BCUT2D eigenvalue weighted by molar-refractivity contribution is -0.143. The van der Waals surface area contributed by atoms with Gasteiger partial charge in [-0.1, -0.05) is 13.8 Å². The van der Waals surface area contributed by atoms with Crippen molar-refractivity contribution in [1.82, 2.24) is 9.97 Å². The Hall–Kier alpha value is -1.88. The normalized spacial score (nSPS) is 32.1. The molecule has 168 valence electrons. The van der Waals surface area contributed by atoms with E-state index in [4.69, 9.17) is 4.98 Å². The minimum absolute atomic E-state index is 0.0236. The largest absolute Gasteiger partial charge is 0.396 e. The lowest BCUT2D eigenvalue weighted by atomic mass is 9.47. The highest BCUT2D eigenvalue weighted by atomic mass is 32.1. The number of hydrogen-bond donors (Lipinski definition) is 4. The first-order valence-corrected chi connectivity index (χ1v) is 12.1. The second-order valence-electron chi connectivity index (χ2n) is 9.13. The first-order valence-electron chi connectivity index (χ1n) is 10.4. The fraction of sp³-hybridized carbons (Fsp3) is 0.619. The van der Waals surface area contributed by atoms with Crippen LogP contribution in [-0.4, -0.2) is 44.7 Å². The number of fused-ring (bicyclic) bond motifs is 2. The van der Waals surface area contributed by atoms with Crippen molar-refractivity contribution in [3.63, 3.8) is 0 Å². The predicted octanol–water partition coefficient (Wildman–Crippen LogP) is 3.00. The molecule has 2 amide bonds. The Labute approximate surface area is 189 Å². The first kappa shape index (κ1) is 22.3. The molecule has 8 nitrogen and oxygen atoms in total. The average Bonchev–Trinajstić information content (AvgIpc) is 3.35. The zero-order chi connectivity index (χ0) is 22.4. The molecule has 0 radical (unpaired) electrons. The fourth-order valence-corrected chi connectivity index (χ4v) is 7.15. The van der Waals surface area contributed by atoms with E-state index in [1.54, 1.807) is 11.6 Å². The number of amides is 2. The smallest absolute Gasteiger partial charge is 0.226 e. The summed E-state index contributed by atoms with van der Waals surface area (Å²) in [5, 5.41) is 29.6. The number of thiazole rings is 2. The number of nitrogens with one attached hydrogen (secondary N) is 2. The van der Waals surface area contributed by atoms with Crippen molar-refractivity contribution in [1.29, 1.82) is 0 Å². The van der Waals surface area contributed by atoms with Gasteiger partial charge in [-0.3, -0.25) is 9.59 Å². The standard InChI is InChI=1S/C21H28N4O4S2/c1-11(27)23-19-25-17-12(8-16(29)24-18-22-6-7-30-18)20(2)5-4-15(28)21(3,10-26)14(20)9-13(17)31-19/h6-7,12,14-15,26,28H,4-5,8-10H2,1-3H3,(H,22,24,29)(H,23,25,27)/t12-,14+,15-,20+,21+/m1/s1. The summed E-state index contributed by atoms with van der Waals surface area (Å²) in [7, 11) is 0. The minimum Gasteiger partial charge on any atom is -0.396 e. The van der Waals surface area contributed by atoms with Crippen molar-refractivity contribution in [3.8, 4) is 0 Å². The molecular formula is C21H28N4O4S2. The minimum atomic E-state index is -0.674. The number of anilines is 2. The molecule has 2 aliphatic carbocycles. The van der Waals surface area contributed by atoms with Gasteiger partial charge in [0.25, 0.3) is 0 Å². The van der Waals surface area contributed by atoms with E-state index in [0.29, 0.717) is 23.1 Å². The quantitative estimate of drug-likeness (QED) is 0.539. The van der Waals surface area contributed by atoms with Crippen molar-refractivity contribution >= 4 is 44.8 Å². The number of aromatic nitrogens is 2. The zero-order valence-corrected chi connectivity index (χ0v) is 19.5. The molecule has 0 unspecified atom stereocenters. The molecule has 0 spiro atoms. The third-order valence-electron chi connectivity index (χ3n) is 7.24. The molecule has 4 rings (SSSR count). The van der Waals surface area contributed by atoms with E-state index in [0.717, 1.165) is 17.0 Å². The van der Waals surface area contributed by atoms with E-state index in [-0.39, 0.29) is 42.1 Å². The lowest BCUT2D eigenvalue weighted by Crippen LogP contribution is -2.57. The molecule has 2 aromatic rings. The average molecular weight is 465 g/mol. The molecule has 4 N–H and O–H groups in total. The second-order valence-corrected chi connectivity index (χ2v) is 11.1. The Morgan fingerprint density at radius 1 is 1.29 bits per heavy atom. The van der Waals surface area contributed by atoms with Crippen LogP contribution < -0.4 is 10.6 Å². The maximum Gasteiger partial charge on any atom is 0.226 e. The van der Waals surface area contributed by atoms with Crippen molar-refractivity contribution in [2.24, 2.45) is 16.7 Å². The Kier molecular flexibility index (Phi) is 5.93. The van der Waals surface area contributed by atoms with Crippen LogP contribution in [0.2, 0.25) is 0 Å². The van der Waals surface area contributed by atoms with Gasteiger partial charge in [0.05, 0.1) is 18.4 Å². The van der Waals surface area contributed by atoms with Gasteiger partial charge in [-0.25, -0.2) is 9.97 Å². The summed E-state index contributed by atoms with van der Waals surface area (Å²) in [5.41, 5.74) is -0.156. The van der Waals surface area contributed by atoms with Crippen LogP contribution in [0, 0.1) is 16.7 Å². The summed E-state index contributed by atoms with van der Waals surface area (Å²) in [4.78, 5) is 34.4. The number of aliphatic hydroxyl groups is 2. The highest BCUT2D eigenvalue weighted by molar-refractivity contribution is 7.16. The van der Waals surface area contributed by atoms with Crippen molar-refractivity contribution < 1.29 is 19.8 Å². The van der Waals surface area contributed by atoms with Gasteiger partial charge < -0.3 is 20.8 Å². The van der Waals surface area contributed by atoms with E-state index in [2.05, 4.69) is 22.5 Å². The molecule has 1 fully saturated rings. The third-order valence-corrected chi connectivity index (χ3v) is 8.94. The van der Waals surface area contributed by atoms with Gasteiger partial charge in [-0.05, 0) is 30.6 Å². The summed E-state index contributed by atoms with van der Waals surface area (Å²) in [6.07, 6.45) is 3.21. The highest BCUT2D eigenvalue weighted by Gasteiger charge is 2.59. The van der Waals surface area contributed by atoms with E-state index < -0.39 is 11.5 Å². The molecule has 1 saturated carbocycles. The maximum absolute atomic E-state index is 12.9. The Morgan fingerprint density at radius 2 is 2.06 bits per heavy atom. The number of aliphatic hydroxyl groups excluding tert-OH is 2. The Balaban J connectivity index is 1.73. The number of hydrogen-bond acceptors (Lipinski definition) is 8. The number of rotatable bonds is 5. The van der Waals surface area contributed by atoms with Gasteiger partial charge in [-0.2, -0.15) is 0 Å². The molecule has 31 heavy (non-hydrogen) atoms. The van der Waals surface area contributed by atoms with Crippen molar-refractivity contribution in [2.75, 3.05) is 17.2 Å². The van der Waals surface area contributed by atoms with Crippen LogP contribution in [0.15, 0.2) is 11.6 Å². The van der Waals surface area contributed by atoms with Gasteiger partial charge >= 0.3 is 0 Å². The van der Waals surface area contributed by atoms with Crippen LogP contribution in [0.4, 0.5) is 10.3 Å². The molecular weight excluding hydrogens is 436 g/mol. The predicted molar refractivity (Wildman–Crippen MR) is 120 cm³/mol. The van der Waals surface area contributed by atoms with E-state index in [1.807, 2.05) is 6.92 Å². The van der Waals surface area contributed by atoms with E-state index in [9.17, 15) is 19.8 Å². The van der Waals surface area contributed by atoms with Gasteiger partial charge in [0.2, 0.25) is 11.8 Å². The summed E-state index contributed by atoms with van der Waals surface area (Å²) >= 11 is 2.78. The Bertz CT molecular complexity index is 978. The maximum atomic E-state index is 12.9. The van der Waals surface area contributed by atoms with Gasteiger partial charge in [-0.15, -0.1) is 22.7 Å². The number of carbonyl (C=O) groups is 2. The van der Waals surface area contributed by atoms with Gasteiger partial charge in [0.1, 0.15) is 0 Å². The van der Waals surface area contributed by atoms with Crippen molar-refractivity contribution in [3.05, 3.63) is 22.1 Å². The molecule has 0 bridgehead atoms. The molecule has 0 saturated heterocycles. The highest BCUT2D eigenvalue weighted by Crippen LogP contribution is 2.62. The van der Waals surface area contributed by atoms with Crippen molar-refractivity contribution in [2.45, 2.75) is 58.5 Å². The van der Waals surface area contributed by atoms with Gasteiger partial charge in [0, 0.05) is 41.1 Å². The lowest BCUT2D eigenvalue weighted by Gasteiger charge is -2.58. The number of carbonyl (C=O) groups excluding carboxylic acids is 2. The van der Waals surface area contributed by atoms with Crippen LogP contribution in [0.1, 0.15) is 56.5 Å². The van der Waals surface area contributed by atoms with E-state index >= 15 is 0 Å². The van der Waals surface area contributed by atoms with Gasteiger partial charge in [0.15, 0.2) is 10.3 Å². The first-order chi connectivity index (χ1) is 14.7. The summed E-state index contributed by atoms with van der Waals surface area (Å²) < 4.78 is 0. The van der Waals surface area contributed by atoms with E-state index in [1.165, 1.54) is 29.6 Å². The summed E-state index contributed by atoms with van der Waals surface area (Å²) in [6, 6.07) is 0. The third kappa shape index (κ3) is 3.90. The molecule has 2 aromatic heterocycles. The van der Waals surface area contributed by atoms with Crippen LogP contribution in [0.25, 0.3) is 0 Å². The van der Waals surface area contributed by atoms with Crippen LogP contribution in [-0.2, 0) is 16.0 Å². The van der Waals surface area contributed by atoms with Crippen LogP contribution in [0.3, 0.4) is 0 Å². The fourth-order valence-electron chi connectivity index (χ4n) is 5.49. The topological polar surface area (TPSA) is 124 Å². The molecule has 10 heteroatoms. The zero-order valence-electron chi connectivity index (χ0n) is 17.8. The monoisotopic (exact) mass is 464 g/mol. The van der Waals surface area contributed by atoms with Crippen LogP contribution in [0.5, 0.6) is 0 Å². The molecule has 5 atom stereocenters. The molecule has 0 aliphatic heterocycles. The molecule has 2 heterocycles. The number of nitrogens with zero attached hydrogens (tertiary/aromatic N) is 2. The SMILES string of the molecule is CC(=O)Nc1nc2c(s1)C[C@@H]1[C@](C)(CO)[C@H](O)CC[C@@]1(C)[C@@H]2CC(=O)Nc1nccs1. The summed E-state index contributed by atoms with van der Waals surface area (Å²) in [5.74, 6) is -0.551. The molecule has 0 aromatic carbocycles. The van der Waals surface area contributed by atoms with Crippen LogP contribution >= 0.6 is 22.7 Å². The second kappa shape index (κ2) is 8.23. The molecule has 2 aliphatic rings. The summed E-state index contributed by atoms with van der Waals surface area (Å²) in [6.45, 7) is 5.41.